The minimum absolute atomic E-state index is 0.262. The number of hydrogen-bond donors (Lipinski definition) is 1. The summed E-state index contributed by atoms with van der Waals surface area (Å²) >= 11 is 0. The Labute approximate surface area is 101 Å². The maximum absolute atomic E-state index is 13.5. The lowest BCUT2D eigenvalue weighted by Gasteiger charge is -2.05. The van der Waals surface area contributed by atoms with Crippen LogP contribution in [-0.2, 0) is 17.3 Å². The van der Waals surface area contributed by atoms with E-state index in [2.05, 4.69) is 4.98 Å². The fourth-order valence-electron chi connectivity index (χ4n) is 1.70. The van der Waals surface area contributed by atoms with Gasteiger partial charge in [-0.05, 0) is 12.1 Å². The van der Waals surface area contributed by atoms with Gasteiger partial charge in [-0.3, -0.25) is 4.21 Å². The van der Waals surface area contributed by atoms with Crippen LogP contribution in [0.1, 0.15) is 6.92 Å². The summed E-state index contributed by atoms with van der Waals surface area (Å²) < 4.78 is 26.5. The quantitative estimate of drug-likeness (QED) is 0.901. The minimum atomic E-state index is -0.866. The van der Waals surface area contributed by atoms with E-state index in [1.165, 1.54) is 6.07 Å². The third kappa shape index (κ3) is 2.31. The van der Waals surface area contributed by atoms with Gasteiger partial charge < -0.3 is 10.3 Å². The van der Waals surface area contributed by atoms with Crippen molar-refractivity contribution in [1.82, 2.24) is 9.55 Å². The number of para-hydroxylation sites is 1. The summed E-state index contributed by atoms with van der Waals surface area (Å²) in [4.78, 5) is 3.98. The number of rotatable bonds is 4. The second-order valence-electron chi connectivity index (χ2n) is 3.66. The van der Waals surface area contributed by atoms with Crippen LogP contribution in [0.5, 0.6) is 0 Å². The van der Waals surface area contributed by atoms with Gasteiger partial charge in [-0.1, -0.05) is 13.0 Å². The van der Waals surface area contributed by atoms with Gasteiger partial charge in [0.2, 0.25) is 5.95 Å². The zero-order valence-corrected chi connectivity index (χ0v) is 10.3. The van der Waals surface area contributed by atoms with Crippen LogP contribution in [0.2, 0.25) is 0 Å². The van der Waals surface area contributed by atoms with Crippen LogP contribution in [0.3, 0.4) is 0 Å². The highest BCUT2D eigenvalue weighted by molar-refractivity contribution is 7.84. The first-order chi connectivity index (χ1) is 8.13. The molecule has 6 heteroatoms. The molecule has 92 valence electrons. The molecule has 2 aromatic rings. The Morgan fingerprint density at radius 3 is 3.00 bits per heavy atom. The van der Waals surface area contributed by atoms with Crippen LogP contribution >= 0.6 is 0 Å². The molecule has 2 rings (SSSR count). The van der Waals surface area contributed by atoms with Crippen molar-refractivity contribution in [2.75, 3.05) is 17.2 Å². The van der Waals surface area contributed by atoms with Crippen molar-refractivity contribution in [2.45, 2.75) is 13.5 Å². The largest absolute Gasteiger partial charge is 0.369 e. The van der Waals surface area contributed by atoms with E-state index in [1.807, 2.05) is 6.92 Å². The first-order valence-corrected chi connectivity index (χ1v) is 6.87. The molecule has 0 bridgehead atoms. The number of hydrogen-bond acceptors (Lipinski definition) is 3. The molecule has 1 unspecified atom stereocenters. The number of nitrogen functional groups attached to an aromatic ring is 1. The molecule has 0 aliphatic carbocycles. The van der Waals surface area contributed by atoms with E-state index in [9.17, 15) is 8.60 Å². The second-order valence-corrected chi connectivity index (χ2v) is 5.53. The monoisotopic (exact) mass is 255 g/mol. The van der Waals surface area contributed by atoms with Crippen LogP contribution in [-0.4, -0.2) is 25.3 Å². The highest BCUT2D eigenvalue weighted by Gasteiger charge is 2.11. The molecule has 4 nitrogen and oxygen atoms in total. The first-order valence-electron chi connectivity index (χ1n) is 5.38. The summed E-state index contributed by atoms with van der Waals surface area (Å²) in [6, 6.07) is 4.73. The number of benzene rings is 1. The first kappa shape index (κ1) is 12.0. The molecule has 0 fully saturated rings. The molecule has 0 saturated heterocycles. The van der Waals surface area contributed by atoms with Crippen molar-refractivity contribution in [1.29, 1.82) is 0 Å². The van der Waals surface area contributed by atoms with Gasteiger partial charge in [-0.15, -0.1) is 0 Å². The summed E-state index contributed by atoms with van der Waals surface area (Å²) in [5.41, 5.74) is 6.66. The minimum Gasteiger partial charge on any atom is -0.369 e. The molecule has 2 N–H and O–H groups in total. The summed E-state index contributed by atoms with van der Waals surface area (Å²) in [7, 11) is -0.866. The number of nitrogens with zero attached hydrogens (tertiary/aromatic N) is 2. The van der Waals surface area contributed by atoms with E-state index in [0.29, 0.717) is 23.6 Å². The Balaban J connectivity index is 2.37. The molecule has 0 radical (unpaired) electrons. The fraction of sp³-hybridized carbons (Fsp3) is 0.364. The maximum Gasteiger partial charge on any atom is 0.201 e. The lowest BCUT2D eigenvalue weighted by atomic mass is 10.3. The van der Waals surface area contributed by atoms with Crippen molar-refractivity contribution in [3.63, 3.8) is 0 Å². The smallest absolute Gasteiger partial charge is 0.201 e. The highest BCUT2D eigenvalue weighted by Crippen LogP contribution is 2.20. The summed E-state index contributed by atoms with van der Waals surface area (Å²) in [6.45, 7) is 2.36. The Kier molecular flexibility index (Phi) is 3.42. The Morgan fingerprint density at radius 2 is 2.29 bits per heavy atom. The third-order valence-electron chi connectivity index (χ3n) is 2.62. The summed E-state index contributed by atoms with van der Waals surface area (Å²) in [5.74, 6) is 0.992. The molecule has 0 aliphatic rings. The second kappa shape index (κ2) is 4.83. The van der Waals surface area contributed by atoms with E-state index in [4.69, 9.17) is 5.73 Å². The standard InChI is InChI=1S/C11H14FN3OS/c1-2-17(16)7-6-15-9-5-3-4-8(12)10(9)14-11(15)13/h3-5H,2,6-7H2,1H3,(H2,13,14). The van der Waals surface area contributed by atoms with Crippen molar-refractivity contribution in [3.05, 3.63) is 24.0 Å². The van der Waals surface area contributed by atoms with E-state index in [-0.39, 0.29) is 17.3 Å². The van der Waals surface area contributed by atoms with Crippen molar-refractivity contribution in [3.8, 4) is 0 Å². The SMILES string of the molecule is CCS(=O)CCn1c(N)nc2c(F)cccc21. The van der Waals surface area contributed by atoms with Crippen molar-refractivity contribution < 1.29 is 8.60 Å². The van der Waals surface area contributed by atoms with Gasteiger partial charge in [0.15, 0.2) is 5.82 Å². The van der Waals surface area contributed by atoms with Crippen LogP contribution < -0.4 is 5.73 Å². The molecule has 1 atom stereocenters. The van der Waals surface area contributed by atoms with E-state index >= 15 is 0 Å². The Hall–Kier alpha value is -1.43. The zero-order valence-electron chi connectivity index (χ0n) is 9.52. The van der Waals surface area contributed by atoms with Crippen LogP contribution in [0.25, 0.3) is 11.0 Å². The molecule has 1 heterocycles. The van der Waals surface area contributed by atoms with Gasteiger partial charge in [0, 0.05) is 28.9 Å². The Bertz CT molecular complexity index is 567. The van der Waals surface area contributed by atoms with E-state index < -0.39 is 10.8 Å². The summed E-state index contributed by atoms with van der Waals surface area (Å²) in [5, 5.41) is 0. The number of anilines is 1. The molecule has 17 heavy (non-hydrogen) atoms. The van der Waals surface area contributed by atoms with Crippen molar-refractivity contribution in [2.24, 2.45) is 0 Å². The van der Waals surface area contributed by atoms with Crippen LogP contribution in [0, 0.1) is 5.82 Å². The number of halogens is 1. The van der Waals surface area contributed by atoms with Crippen molar-refractivity contribution >= 4 is 27.8 Å². The molecule has 0 aliphatic heterocycles. The lowest BCUT2D eigenvalue weighted by molar-refractivity contribution is 0.637. The fourth-order valence-corrected chi connectivity index (χ4v) is 2.38. The maximum atomic E-state index is 13.5. The van der Waals surface area contributed by atoms with Gasteiger partial charge in [0.1, 0.15) is 5.52 Å². The van der Waals surface area contributed by atoms with Gasteiger partial charge in [0.05, 0.1) is 5.52 Å². The average molecular weight is 255 g/mol. The summed E-state index contributed by atoms with van der Waals surface area (Å²) in [6.07, 6.45) is 0. The number of aromatic nitrogens is 2. The topological polar surface area (TPSA) is 60.9 Å². The van der Waals surface area contributed by atoms with Crippen LogP contribution in [0.15, 0.2) is 18.2 Å². The molecule has 0 amide bonds. The van der Waals surface area contributed by atoms with Gasteiger partial charge in [-0.25, -0.2) is 9.37 Å². The predicted octanol–water partition coefficient (Wildman–Crippen LogP) is 1.53. The van der Waals surface area contributed by atoms with E-state index in [0.717, 1.165) is 0 Å². The molecule has 1 aromatic heterocycles. The van der Waals surface area contributed by atoms with Gasteiger partial charge in [0.25, 0.3) is 0 Å². The van der Waals surface area contributed by atoms with Gasteiger partial charge >= 0.3 is 0 Å². The molecule has 0 saturated carbocycles. The predicted molar refractivity (Wildman–Crippen MR) is 67.7 cm³/mol. The van der Waals surface area contributed by atoms with Gasteiger partial charge in [-0.2, -0.15) is 0 Å². The normalized spacial score (nSPS) is 13.1. The number of imidazole rings is 1. The number of nitrogens with two attached hydrogens (primary N) is 1. The molecule has 1 aromatic carbocycles. The number of aryl methyl sites for hydroxylation is 1. The highest BCUT2D eigenvalue weighted by atomic mass is 32.2. The number of fused-ring (bicyclic) bond motifs is 1. The van der Waals surface area contributed by atoms with Crippen LogP contribution in [0.4, 0.5) is 10.3 Å². The Morgan fingerprint density at radius 1 is 1.53 bits per heavy atom. The third-order valence-corrected chi connectivity index (χ3v) is 3.91. The average Bonchev–Trinajstić information content (AvgIpc) is 2.64. The zero-order chi connectivity index (χ0) is 12.4. The molecular formula is C11H14FN3OS. The van der Waals surface area contributed by atoms with E-state index in [1.54, 1.807) is 16.7 Å². The lowest BCUT2D eigenvalue weighted by Crippen LogP contribution is -2.11. The molecule has 0 spiro atoms. The molecular weight excluding hydrogens is 241 g/mol.